The summed E-state index contributed by atoms with van der Waals surface area (Å²) in [6.45, 7) is 2.84. The van der Waals surface area contributed by atoms with E-state index in [-0.39, 0.29) is 0 Å². The summed E-state index contributed by atoms with van der Waals surface area (Å²) in [5, 5.41) is 0. The van der Waals surface area contributed by atoms with Gasteiger partial charge in [0.15, 0.2) is 0 Å². The third-order valence-corrected chi connectivity index (χ3v) is 4.60. The molecule has 0 spiro atoms. The number of halogens is 3. The smallest absolute Gasteiger partial charge is 0.416 e. The molecule has 0 amide bonds. The number of hydrogen-bond acceptors (Lipinski definition) is 1. The average molecular weight is 314 g/mol. The number of ether oxygens (including phenoxy) is 1. The minimum Gasteiger partial charge on any atom is -0.493 e. The van der Waals surface area contributed by atoms with Crippen molar-refractivity contribution in [3.8, 4) is 5.75 Å². The molecule has 0 atom stereocenters. The Bertz CT molecular complexity index is 431. The molecule has 1 fully saturated rings. The molecule has 1 saturated carbocycles. The standard InChI is InChI=1S/C18H25F3O/c1-2-3-4-14-5-7-15(8-6-14)13-22-17-11-9-16(10-12-17)18(19,20)21/h9-12,14-15H,2-8,13H2,1H3. The van der Waals surface area contributed by atoms with E-state index in [1.807, 2.05) is 0 Å². The van der Waals surface area contributed by atoms with Crippen LogP contribution in [-0.4, -0.2) is 6.61 Å². The van der Waals surface area contributed by atoms with Crippen LogP contribution in [0, 0.1) is 11.8 Å². The van der Waals surface area contributed by atoms with Gasteiger partial charge in [-0.15, -0.1) is 0 Å². The SMILES string of the molecule is CCCCC1CCC(COc2ccc(C(F)(F)F)cc2)CC1. The average Bonchev–Trinajstić information content (AvgIpc) is 2.51. The summed E-state index contributed by atoms with van der Waals surface area (Å²) < 4.78 is 43.1. The van der Waals surface area contributed by atoms with Gasteiger partial charge in [-0.1, -0.05) is 39.0 Å². The van der Waals surface area contributed by atoms with Gasteiger partial charge in [-0.05, 0) is 48.9 Å². The largest absolute Gasteiger partial charge is 0.493 e. The fraction of sp³-hybridized carbons (Fsp3) is 0.667. The predicted molar refractivity (Wildman–Crippen MR) is 81.9 cm³/mol. The second-order valence-electron chi connectivity index (χ2n) is 6.36. The fourth-order valence-electron chi connectivity index (χ4n) is 3.13. The molecule has 0 heterocycles. The van der Waals surface area contributed by atoms with Crippen LogP contribution in [0.4, 0.5) is 13.2 Å². The first-order valence-corrected chi connectivity index (χ1v) is 8.29. The van der Waals surface area contributed by atoms with Gasteiger partial charge in [0.1, 0.15) is 5.75 Å². The lowest BCUT2D eigenvalue weighted by molar-refractivity contribution is -0.137. The van der Waals surface area contributed by atoms with Crippen molar-refractivity contribution in [2.45, 2.75) is 58.0 Å². The second-order valence-corrected chi connectivity index (χ2v) is 6.36. The van der Waals surface area contributed by atoms with Gasteiger partial charge in [0, 0.05) is 0 Å². The summed E-state index contributed by atoms with van der Waals surface area (Å²) in [6, 6.07) is 4.99. The van der Waals surface area contributed by atoms with Gasteiger partial charge >= 0.3 is 6.18 Å². The molecule has 0 aromatic heterocycles. The zero-order valence-electron chi connectivity index (χ0n) is 13.2. The topological polar surface area (TPSA) is 9.23 Å². The van der Waals surface area contributed by atoms with E-state index in [4.69, 9.17) is 4.74 Å². The maximum Gasteiger partial charge on any atom is 0.416 e. The second kappa shape index (κ2) is 7.89. The normalized spacial score (nSPS) is 22.5. The van der Waals surface area contributed by atoms with Crippen molar-refractivity contribution in [3.63, 3.8) is 0 Å². The van der Waals surface area contributed by atoms with E-state index < -0.39 is 11.7 Å². The molecule has 1 aromatic rings. The summed E-state index contributed by atoms with van der Waals surface area (Å²) >= 11 is 0. The molecule has 0 radical (unpaired) electrons. The molecular weight excluding hydrogens is 289 g/mol. The summed E-state index contributed by atoms with van der Waals surface area (Å²) in [7, 11) is 0. The van der Waals surface area contributed by atoms with Crippen LogP contribution in [0.2, 0.25) is 0 Å². The highest BCUT2D eigenvalue weighted by Gasteiger charge is 2.30. The Balaban J connectivity index is 1.73. The Kier molecular flexibility index (Phi) is 6.16. The van der Waals surface area contributed by atoms with E-state index in [2.05, 4.69) is 6.92 Å². The monoisotopic (exact) mass is 314 g/mol. The van der Waals surface area contributed by atoms with Crippen LogP contribution in [0.5, 0.6) is 5.75 Å². The molecule has 124 valence electrons. The molecule has 0 N–H and O–H groups in total. The van der Waals surface area contributed by atoms with Gasteiger partial charge in [-0.2, -0.15) is 13.2 Å². The lowest BCUT2D eigenvalue weighted by Crippen LogP contribution is -2.20. The predicted octanol–water partition coefficient (Wildman–Crippen LogP) is 6.08. The highest BCUT2D eigenvalue weighted by molar-refractivity contribution is 5.28. The van der Waals surface area contributed by atoms with Gasteiger partial charge < -0.3 is 4.74 Å². The lowest BCUT2D eigenvalue weighted by Gasteiger charge is -2.28. The Morgan fingerprint density at radius 2 is 1.59 bits per heavy atom. The third kappa shape index (κ3) is 5.22. The van der Waals surface area contributed by atoms with Crippen molar-refractivity contribution < 1.29 is 17.9 Å². The van der Waals surface area contributed by atoms with E-state index in [0.29, 0.717) is 18.3 Å². The molecule has 2 rings (SSSR count). The number of unbranched alkanes of at least 4 members (excludes halogenated alkanes) is 1. The van der Waals surface area contributed by atoms with Crippen LogP contribution in [0.3, 0.4) is 0 Å². The van der Waals surface area contributed by atoms with Crippen molar-refractivity contribution in [1.29, 1.82) is 0 Å². The zero-order valence-corrected chi connectivity index (χ0v) is 13.2. The summed E-state index contributed by atoms with van der Waals surface area (Å²) in [5.74, 6) is 1.93. The quantitative estimate of drug-likeness (QED) is 0.618. The van der Waals surface area contributed by atoms with E-state index in [0.717, 1.165) is 18.1 Å². The van der Waals surface area contributed by atoms with Crippen molar-refractivity contribution in [1.82, 2.24) is 0 Å². The number of alkyl halides is 3. The van der Waals surface area contributed by atoms with Crippen LogP contribution in [0.1, 0.15) is 57.4 Å². The summed E-state index contributed by atoms with van der Waals surface area (Å²) in [5.41, 5.74) is -0.628. The lowest BCUT2D eigenvalue weighted by atomic mass is 9.80. The zero-order chi connectivity index (χ0) is 16.0. The molecule has 1 aliphatic rings. The van der Waals surface area contributed by atoms with E-state index in [1.165, 1.54) is 57.1 Å². The summed E-state index contributed by atoms with van der Waals surface area (Å²) in [6.07, 6.45) is 4.51. The van der Waals surface area contributed by atoms with Crippen LogP contribution in [0.25, 0.3) is 0 Å². The number of hydrogen-bond donors (Lipinski definition) is 0. The Labute approximate surface area is 130 Å². The van der Waals surface area contributed by atoms with Crippen LogP contribution in [-0.2, 0) is 6.18 Å². The molecule has 0 saturated heterocycles. The molecule has 22 heavy (non-hydrogen) atoms. The van der Waals surface area contributed by atoms with Gasteiger partial charge in [-0.3, -0.25) is 0 Å². The van der Waals surface area contributed by atoms with Gasteiger partial charge in [-0.25, -0.2) is 0 Å². The first-order chi connectivity index (χ1) is 10.5. The molecule has 1 aliphatic carbocycles. The van der Waals surface area contributed by atoms with Crippen LogP contribution < -0.4 is 4.74 Å². The first-order valence-electron chi connectivity index (χ1n) is 8.29. The van der Waals surface area contributed by atoms with Crippen molar-refractivity contribution in [2.24, 2.45) is 11.8 Å². The van der Waals surface area contributed by atoms with Crippen LogP contribution >= 0.6 is 0 Å². The Morgan fingerprint density at radius 1 is 1.00 bits per heavy atom. The minimum atomic E-state index is -4.28. The Hall–Kier alpha value is -1.19. The van der Waals surface area contributed by atoms with Gasteiger partial charge in [0.05, 0.1) is 12.2 Å². The van der Waals surface area contributed by atoms with E-state index >= 15 is 0 Å². The fourth-order valence-corrected chi connectivity index (χ4v) is 3.13. The highest BCUT2D eigenvalue weighted by Crippen LogP contribution is 2.33. The third-order valence-electron chi connectivity index (χ3n) is 4.60. The van der Waals surface area contributed by atoms with Gasteiger partial charge in [0.2, 0.25) is 0 Å². The molecule has 1 aromatic carbocycles. The van der Waals surface area contributed by atoms with Gasteiger partial charge in [0.25, 0.3) is 0 Å². The highest BCUT2D eigenvalue weighted by atomic mass is 19.4. The molecule has 0 aliphatic heterocycles. The minimum absolute atomic E-state index is 0.529. The summed E-state index contributed by atoms with van der Waals surface area (Å²) in [4.78, 5) is 0. The Morgan fingerprint density at radius 3 is 2.14 bits per heavy atom. The molecule has 0 bridgehead atoms. The molecule has 0 unspecified atom stereocenters. The van der Waals surface area contributed by atoms with Crippen LogP contribution in [0.15, 0.2) is 24.3 Å². The molecule has 4 heteroatoms. The van der Waals surface area contributed by atoms with E-state index in [9.17, 15) is 13.2 Å². The molecular formula is C18H25F3O. The number of benzene rings is 1. The first kappa shape index (κ1) is 17.2. The number of rotatable bonds is 6. The molecule has 1 nitrogen and oxygen atoms in total. The van der Waals surface area contributed by atoms with E-state index in [1.54, 1.807) is 0 Å². The van der Waals surface area contributed by atoms with Crippen molar-refractivity contribution in [2.75, 3.05) is 6.61 Å². The van der Waals surface area contributed by atoms with Crippen molar-refractivity contribution in [3.05, 3.63) is 29.8 Å². The maximum absolute atomic E-state index is 12.5. The van der Waals surface area contributed by atoms with Crippen molar-refractivity contribution >= 4 is 0 Å². The maximum atomic E-state index is 12.5.